The van der Waals surface area contributed by atoms with Crippen molar-refractivity contribution in [2.75, 3.05) is 0 Å². The molecule has 0 amide bonds. The quantitative estimate of drug-likeness (QED) is 0.511. The summed E-state index contributed by atoms with van der Waals surface area (Å²) in [6.45, 7) is 4.25. The van der Waals surface area contributed by atoms with Gasteiger partial charge in [0.2, 0.25) is 5.75 Å². The molecule has 5 N–H and O–H groups in total. The van der Waals surface area contributed by atoms with Gasteiger partial charge < -0.3 is 30.3 Å². The Hall–Kier alpha value is -2.60. The van der Waals surface area contributed by atoms with E-state index in [0.29, 0.717) is 11.1 Å². The van der Waals surface area contributed by atoms with Gasteiger partial charge in [0.05, 0.1) is 6.10 Å². The molecule has 0 aliphatic carbocycles. The number of rotatable bonds is 1. The van der Waals surface area contributed by atoms with Gasteiger partial charge in [-0.15, -0.1) is 0 Å². The maximum Gasteiger partial charge on any atom is 0.200 e. The standard InChI is InChI=1S/C15H14O6.C3H8/c16-9-3-1-7(5-12(9)19)13-6-11(18)8-2-4-10(17)14(20)15(8)21-13;1-3-2/h1-5,11,13,16-20H,6H2;3H2,1-2H3/t11?,13-;/m0./s1. The molecule has 0 aromatic heterocycles. The molecule has 1 heterocycles. The first-order valence-corrected chi connectivity index (χ1v) is 7.80. The van der Waals surface area contributed by atoms with Gasteiger partial charge >= 0.3 is 0 Å². The summed E-state index contributed by atoms with van der Waals surface area (Å²) < 4.78 is 5.63. The van der Waals surface area contributed by atoms with Crippen molar-refractivity contribution in [3.05, 3.63) is 41.5 Å². The van der Waals surface area contributed by atoms with Crippen LogP contribution < -0.4 is 4.74 Å². The average Bonchev–Trinajstić information content (AvgIpc) is 2.54. The van der Waals surface area contributed by atoms with Gasteiger partial charge in [0.1, 0.15) is 6.10 Å². The molecule has 6 heteroatoms. The van der Waals surface area contributed by atoms with Crippen LogP contribution in [0.25, 0.3) is 0 Å². The lowest BCUT2D eigenvalue weighted by Gasteiger charge is -2.30. The summed E-state index contributed by atoms with van der Waals surface area (Å²) >= 11 is 0. The highest BCUT2D eigenvalue weighted by Gasteiger charge is 2.31. The van der Waals surface area contributed by atoms with Crippen molar-refractivity contribution in [1.82, 2.24) is 0 Å². The molecule has 1 aliphatic heterocycles. The van der Waals surface area contributed by atoms with Crippen LogP contribution in [0.3, 0.4) is 0 Å². The highest BCUT2D eigenvalue weighted by molar-refractivity contribution is 5.56. The molecule has 1 unspecified atom stereocenters. The van der Waals surface area contributed by atoms with Crippen molar-refractivity contribution < 1.29 is 30.3 Å². The van der Waals surface area contributed by atoms with Gasteiger partial charge in [0.25, 0.3) is 0 Å². The number of aromatic hydroxyl groups is 4. The zero-order chi connectivity index (χ0) is 17.9. The van der Waals surface area contributed by atoms with Crippen LogP contribution in [0, 0.1) is 0 Å². The second-order valence-electron chi connectivity index (χ2n) is 5.66. The predicted octanol–water partition coefficient (Wildman–Crippen LogP) is 3.48. The maximum absolute atomic E-state index is 10.1. The van der Waals surface area contributed by atoms with E-state index >= 15 is 0 Å². The Morgan fingerprint density at radius 2 is 1.58 bits per heavy atom. The SMILES string of the molecule is CCC.Oc1ccc([C@@H]2CC(O)c3ccc(O)c(O)c3O2)cc1O. The third kappa shape index (κ3) is 3.49. The topological polar surface area (TPSA) is 110 Å². The van der Waals surface area contributed by atoms with E-state index in [0.717, 1.165) is 0 Å². The van der Waals surface area contributed by atoms with Gasteiger partial charge in [0, 0.05) is 12.0 Å². The molecule has 0 radical (unpaired) electrons. The molecular formula is C18H22O6. The Kier molecular flexibility index (Phi) is 5.41. The van der Waals surface area contributed by atoms with E-state index in [9.17, 15) is 25.5 Å². The lowest BCUT2D eigenvalue weighted by molar-refractivity contribution is 0.0625. The number of aliphatic hydroxyl groups excluding tert-OH is 1. The van der Waals surface area contributed by atoms with Gasteiger partial charge in [0.15, 0.2) is 23.0 Å². The molecule has 6 nitrogen and oxygen atoms in total. The van der Waals surface area contributed by atoms with Crippen molar-refractivity contribution in [3.8, 4) is 28.7 Å². The van der Waals surface area contributed by atoms with E-state index in [-0.39, 0.29) is 29.4 Å². The van der Waals surface area contributed by atoms with Gasteiger partial charge in [-0.3, -0.25) is 0 Å². The summed E-state index contributed by atoms with van der Waals surface area (Å²) in [5.41, 5.74) is 0.933. The fourth-order valence-electron chi connectivity index (χ4n) is 2.43. The predicted molar refractivity (Wildman–Crippen MR) is 88.5 cm³/mol. The van der Waals surface area contributed by atoms with Crippen molar-refractivity contribution in [1.29, 1.82) is 0 Å². The fraction of sp³-hybridized carbons (Fsp3) is 0.333. The van der Waals surface area contributed by atoms with Crippen LogP contribution in [0.4, 0.5) is 0 Å². The van der Waals surface area contributed by atoms with Crippen LogP contribution in [0.2, 0.25) is 0 Å². The van der Waals surface area contributed by atoms with E-state index in [1.54, 1.807) is 6.07 Å². The van der Waals surface area contributed by atoms with Crippen LogP contribution in [-0.2, 0) is 0 Å². The monoisotopic (exact) mass is 334 g/mol. The Bertz CT molecular complexity index is 713. The van der Waals surface area contributed by atoms with E-state index in [1.165, 1.54) is 30.7 Å². The summed E-state index contributed by atoms with van der Waals surface area (Å²) in [6, 6.07) is 6.97. The summed E-state index contributed by atoms with van der Waals surface area (Å²) in [4.78, 5) is 0. The highest BCUT2D eigenvalue weighted by atomic mass is 16.5. The second kappa shape index (κ2) is 7.31. The molecular weight excluding hydrogens is 312 g/mol. The van der Waals surface area contributed by atoms with Crippen LogP contribution in [0.15, 0.2) is 30.3 Å². The lowest BCUT2D eigenvalue weighted by Crippen LogP contribution is -2.19. The number of hydrogen-bond donors (Lipinski definition) is 5. The van der Waals surface area contributed by atoms with Gasteiger partial charge in [-0.25, -0.2) is 0 Å². The highest BCUT2D eigenvalue weighted by Crippen LogP contribution is 2.48. The number of ether oxygens (including phenoxy) is 1. The van der Waals surface area contributed by atoms with Crippen LogP contribution in [0.5, 0.6) is 28.7 Å². The summed E-state index contributed by atoms with van der Waals surface area (Å²) in [5, 5.41) is 48.4. The smallest absolute Gasteiger partial charge is 0.200 e. The molecule has 0 saturated carbocycles. The minimum atomic E-state index is -0.874. The lowest BCUT2D eigenvalue weighted by atomic mass is 9.94. The van der Waals surface area contributed by atoms with Gasteiger partial charge in [-0.2, -0.15) is 0 Å². The summed E-state index contributed by atoms with van der Waals surface area (Å²) in [7, 11) is 0. The van der Waals surface area contributed by atoms with Crippen molar-refractivity contribution >= 4 is 0 Å². The average molecular weight is 334 g/mol. The minimum absolute atomic E-state index is 0.0197. The Labute approximate surface area is 140 Å². The zero-order valence-corrected chi connectivity index (χ0v) is 13.6. The van der Waals surface area contributed by atoms with Crippen molar-refractivity contribution in [2.45, 2.75) is 38.9 Å². The van der Waals surface area contributed by atoms with E-state index in [4.69, 9.17) is 4.74 Å². The second-order valence-corrected chi connectivity index (χ2v) is 5.66. The van der Waals surface area contributed by atoms with Crippen molar-refractivity contribution in [3.63, 3.8) is 0 Å². The number of phenols is 4. The molecule has 3 rings (SSSR count). The van der Waals surface area contributed by atoms with E-state index < -0.39 is 18.0 Å². The first kappa shape index (κ1) is 17.7. The van der Waals surface area contributed by atoms with E-state index in [2.05, 4.69) is 13.8 Å². The first-order chi connectivity index (χ1) is 11.4. The Morgan fingerprint density at radius 1 is 0.958 bits per heavy atom. The number of phenolic OH excluding ortho intramolecular Hbond substituents is 4. The van der Waals surface area contributed by atoms with Crippen LogP contribution in [0.1, 0.15) is 50.0 Å². The Morgan fingerprint density at radius 3 is 2.21 bits per heavy atom. The normalized spacial score (nSPS) is 18.8. The first-order valence-electron chi connectivity index (χ1n) is 7.80. The molecule has 0 fully saturated rings. The third-order valence-electron chi connectivity index (χ3n) is 3.57. The molecule has 0 spiro atoms. The third-order valence-corrected chi connectivity index (χ3v) is 3.57. The molecule has 0 saturated heterocycles. The molecule has 130 valence electrons. The Balaban J connectivity index is 0.000000647. The van der Waals surface area contributed by atoms with Gasteiger partial charge in [-0.1, -0.05) is 26.3 Å². The minimum Gasteiger partial charge on any atom is -0.504 e. The zero-order valence-electron chi connectivity index (χ0n) is 13.6. The van der Waals surface area contributed by atoms with E-state index in [1.807, 2.05) is 0 Å². The number of benzene rings is 2. The molecule has 2 aromatic carbocycles. The van der Waals surface area contributed by atoms with Crippen LogP contribution in [-0.4, -0.2) is 25.5 Å². The number of hydrogen-bond acceptors (Lipinski definition) is 6. The largest absolute Gasteiger partial charge is 0.504 e. The number of aliphatic hydroxyl groups is 1. The molecule has 24 heavy (non-hydrogen) atoms. The molecule has 0 bridgehead atoms. The molecule has 1 aliphatic rings. The summed E-state index contributed by atoms with van der Waals surface area (Å²) in [6.07, 6.45) is -0.0190. The molecule has 2 aromatic rings. The number of fused-ring (bicyclic) bond motifs is 1. The fourth-order valence-corrected chi connectivity index (χ4v) is 2.43. The maximum atomic E-state index is 10.1. The molecule has 2 atom stereocenters. The van der Waals surface area contributed by atoms with Crippen LogP contribution >= 0.6 is 0 Å². The summed E-state index contributed by atoms with van der Waals surface area (Å²) in [5.74, 6) is -1.30. The van der Waals surface area contributed by atoms with Crippen molar-refractivity contribution in [2.24, 2.45) is 0 Å². The van der Waals surface area contributed by atoms with Gasteiger partial charge in [-0.05, 0) is 29.8 Å².